The highest BCUT2D eigenvalue weighted by Gasteiger charge is 2.16. The molecule has 0 saturated heterocycles. The van der Waals surface area contributed by atoms with Crippen molar-refractivity contribution < 1.29 is 8.42 Å². The summed E-state index contributed by atoms with van der Waals surface area (Å²) in [5.41, 5.74) is 2.80. The van der Waals surface area contributed by atoms with Crippen molar-refractivity contribution in [2.45, 2.75) is 32.2 Å². The normalized spacial score (nSPS) is 11.6. The Hall–Kier alpha value is -1.37. The van der Waals surface area contributed by atoms with Crippen LogP contribution in [0.5, 0.6) is 0 Å². The minimum absolute atomic E-state index is 0.318. The molecular formula is C15H20N2O2S2. The molecule has 0 atom stereocenters. The largest absolute Gasteiger partial charge is 0.312 e. The first kappa shape index (κ1) is 16.0. The van der Waals surface area contributed by atoms with Gasteiger partial charge in [-0.2, -0.15) is 0 Å². The van der Waals surface area contributed by atoms with Crippen LogP contribution in [0.15, 0.2) is 34.5 Å². The summed E-state index contributed by atoms with van der Waals surface area (Å²) in [5.74, 6) is 0. The highest BCUT2D eigenvalue weighted by atomic mass is 32.2. The van der Waals surface area contributed by atoms with Crippen LogP contribution in [-0.2, 0) is 16.6 Å². The first-order valence-corrected chi connectivity index (χ1v) is 9.17. The lowest BCUT2D eigenvalue weighted by Gasteiger charge is -2.08. The molecule has 0 aliphatic heterocycles. The zero-order valence-corrected chi connectivity index (χ0v) is 14.1. The van der Waals surface area contributed by atoms with Crippen LogP contribution in [-0.4, -0.2) is 15.0 Å². The summed E-state index contributed by atoms with van der Waals surface area (Å²) in [6.07, 6.45) is 0. The van der Waals surface area contributed by atoms with E-state index >= 15 is 0 Å². The summed E-state index contributed by atoms with van der Waals surface area (Å²) in [6, 6.07) is 7.26. The van der Waals surface area contributed by atoms with Gasteiger partial charge in [0, 0.05) is 22.5 Å². The molecule has 0 aliphatic rings. The van der Waals surface area contributed by atoms with Gasteiger partial charge in [-0.15, -0.1) is 11.3 Å². The Morgan fingerprint density at radius 1 is 1.14 bits per heavy atom. The molecule has 0 spiro atoms. The number of hydrogen-bond donors (Lipinski definition) is 2. The van der Waals surface area contributed by atoms with Gasteiger partial charge in [0.2, 0.25) is 0 Å². The molecule has 1 aromatic carbocycles. The maximum absolute atomic E-state index is 12.4. The highest BCUT2D eigenvalue weighted by Crippen LogP contribution is 2.23. The van der Waals surface area contributed by atoms with E-state index in [1.807, 2.05) is 32.9 Å². The van der Waals surface area contributed by atoms with Crippen molar-refractivity contribution >= 4 is 27.0 Å². The van der Waals surface area contributed by atoms with Gasteiger partial charge in [0.15, 0.2) is 0 Å². The Bertz CT molecular complexity index is 721. The molecule has 0 fully saturated rings. The Kier molecular flexibility index (Phi) is 5.03. The van der Waals surface area contributed by atoms with Gasteiger partial charge in [-0.05, 0) is 49.7 Å². The fourth-order valence-corrected chi connectivity index (χ4v) is 4.16. The van der Waals surface area contributed by atoms with Gasteiger partial charge >= 0.3 is 0 Å². The molecule has 0 saturated carbocycles. The number of aryl methyl sites for hydroxylation is 2. The van der Waals surface area contributed by atoms with Gasteiger partial charge in [0.05, 0.1) is 4.90 Å². The van der Waals surface area contributed by atoms with Crippen LogP contribution < -0.4 is 10.0 Å². The molecule has 0 aliphatic carbocycles. The molecule has 0 radical (unpaired) electrons. The molecular weight excluding hydrogens is 304 g/mol. The first-order chi connectivity index (χ1) is 9.92. The average molecular weight is 324 g/mol. The summed E-state index contributed by atoms with van der Waals surface area (Å²) in [4.78, 5) is 1.33. The zero-order chi connectivity index (χ0) is 15.5. The molecule has 0 amide bonds. The van der Waals surface area contributed by atoms with E-state index in [0.29, 0.717) is 17.1 Å². The Labute approximate surface area is 130 Å². The summed E-state index contributed by atoms with van der Waals surface area (Å²) in [6.45, 7) is 7.54. The number of sulfonamides is 1. The number of thiophene rings is 1. The third kappa shape index (κ3) is 4.06. The zero-order valence-electron chi connectivity index (χ0n) is 12.4. The van der Waals surface area contributed by atoms with E-state index in [1.165, 1.54) is 11.3 Å². The van der Waals surface area contributed by atoms with E-state index in [0.717, 1.165) is 22.5 Å². The Morgan fingerprint density at radius 2 is 1.90 bits per heavy atom. The van der Waals surface area contributed by atoms with Gasteiger partial charge in [-0.3, -0.25) is 4.72 Å². The van der Waals surface area contributed by atoms with Gasteiger partial charge in [-0.1, -0.05) is 13.0 Å². The molecule has 1 heterocycles. The number of anilines is 1. The van der Waals surface area contributed by atoms with E-state index in [1.54, 1.807) is 17.5 Å². The quantitative estimate of drug-likeness (QED) is 0.857. The average Bonchev–Trinajstić information content (AvgIpc) is 2.90. The van der Waals surface area contributed by atoms with Gasteiger partial charge < -0.3 is 5.32 Å². The third-order valence-electron chi connectivity index (χ3n) is 3.25. The van der Waals surface area contributed by atoms with Crippen LogP contribution in [0.3, 0.4) is 0 Å². The van der Waals surface area contributed by atoms with E-state index in [-0.39, 0.29) is 0 Å². The van der Waals surface area contributed by atoms with Crippen LogP contribution in [0.2, 0.25) is 0 Å². The summed E-state index contributed by atoms with van der Waals surface area (Å²) < 4.78 is 27.4. The predicted molar refractivity (Wildman–Crippen MR) is 88.4 cm³/mol. The van der Waals surface area contributed by atoms with Gasteiger partial charge in [0.25, 0.3) is 10.0 Å². The Morgan fingerprint density at radius 3 is 2.57 bits per heavy atom. The van der Waals surface area contributed by atoms with Crippen molar-refractivity contribution in [3.63, 3.8) is 0 Å². The molecule has 2 N–H and O–H groups in total. The lowest BCUT2D eigenvalue weighted by Crippen LogP contribution is -2.13. The fourth-order valence-electron chi connectivity index (χ4n) is 1.86. The van der Waals surface area contributed by atoms with Crippen LogP contribution in [0, 0.1) is 13.8 Å². The summed E-state index contributed by atoms with van der Waals surface area (Å²) in [7, 11) is -3.51. The van der Waals surface area contributed by atoms with Crippen molar-refractivity contribution in [3.8, 4) is 0 Å². The van der Waals surface area contributed by atoms with Crippen LogP contribution in [0.1, 0.15) is 22.9 Å². The monoisotopic (exact) mass is 324 g/mol. The van der Waals surface area contributed by atoms with E-state index in [9.17, 15) is 8.42 Å². The number of nitrogens with one attached hydrogen (secondary N) is 2. The van der Waals surface area contributed by atoms with Crippen molar-refractivity contribution in [2.24, 2.45) is 0 Å². The molecule has 6 heteroatoms. The first-order valence-electron chi connectivity index (χ1n) is 6.80. The lowest BCUT2D eigenvalue weighted by atomic mass is 10.1. The highest BCUT2D eigenvalue weighted by molar-refractivity contribution is 7.92. The fraction of sp³-hybridized carbons (Fsp3) is 0.333. The third-order valence-corrected chi connectivity index (χ3v) is 5.70. The van der Waals surface area contributed by atoms with Gasteiger partial charge in [0.1, 0.15) is 0 Å². The molecule has 0 bridgehead atoms. The van der Waals surface area contributed by atoms with Crippen molar-refractivity contribution in [1.82, 2.24) is 5.32 Å². The SMILES string of the molecule is CCNCc1cc(S(=O)(=O)Nc2ccc(C)c(C)c2)cs1. The molecule has 21 heavy (non-hydrogen) atoms. The van der Waals surface area contributed by atoms with Crippen molar-refractivity contribution in [1.29, 1.82) is 0 Å². The molecule has 114 valence electrons. The Balaban J connectivity index is 2.17. The number of benzene rings is 1. The number of hydrogen-bond acceptors (Lipinski definition) is 4. The van der Waals surface area contributed by atoms with E-state index in [4.69, 9.17) is 0 Å². The van der Waals surface area contributed by atoms with Crippen molar-refractivity contribution in [2.75, 3.05) is 11.3 Å². The minimum atomic E-state index is -3.51. The summed E-state index contributed by atoms with van der Waals surface area (Å²) in [5, 5.41) is 4.86. The van der Waals surface area contributed by atoms with E-state index < -0.39 is 10.0 Å². The van der Waals surface area contributed by atoms with Crippen LogP contribution >= 0.6 is 11.3 Å². The topological polar surface area (TPSA) is 58.2 Å². The molecule has 0 unspecified atom stereocenters. The standard InChI is InChI=1S/C15H20N2O2S2/c1-4-16-9-14-8-15(10-20-14)21(18,19)17-13-6-5-11(2)12(3)7-13/h5-8,10,16-17H,4,9H2,1-3H3. The molecule has 1 aromatic heterocycles. The molecule has 4 nitrogen and oxygen atoms in total. The summed E-state index contributed by atoms with van der Waals surface area (Å²) >= 11 is 1.45. The number of rotatable bonds is 6. The second kappa shape index (κ2) is 6.60. The second-order valence-electron chi connectivity index (χ2n) is 4.93. The van der Waals surface area contributed by atoms with Crippen LogP contribution in [0.4, 0.5) is 5.69 Å². The second-order valence-corrected chi connectivity index (χ2v) is 7.61. The smallest absolute Gasteiger partial charge is 0.262 e. The predicted octanol–water partition coefficient (Wildman–Crippen LogP) is 3.28. The van der Waals surface area contributed by atoms with Crippen molar-refractivity contribution in [3.05, 3.63) is 45.6 Å². The molecule has 2 aromatic rings. The maximum atomic E-state index is 12.4. The molecule has 2 rings (SSSR count). The lowest BCUT2D eigenvalue weighted by molar-refractivity contribution is 0.601. The van der Waals surface area contributed by atoms with Gasteiger partial charge in [-0.25, -0.2) is 8.42 Å². The minimum Gasteiger partial charge on any atom is -0.312 e. The maximum Gasteiger partial charge on any atom is 0.262 e. The van der Waals surface area contributed by atoms with E-state index in [2.05, 4.69) is 10.0 Å². The van der Waals surface area contributed by atoms with Crippen LogP contribution in [0.25, 0.3) is 0 Å².